The minimum absolute atomic E-state index is 0.233. The molecule has 0 amide bonds. The van der Waals surface area contributed by atoms with E-state index in [9.17, 15) is 14.3 Å². The molecule has 136 valence electrons. The summed E-state index contributed by atoms with van der Waals surface area (Å²) in [5.41, 5.74) is 2.96. The number of carboxylic acid groups (broad SMARTS) is 1. The van der Waals surface area contributed by atoms with Gasteiger partial charge in [-0.25, -0.2) is 9.87 Å². The van der Waals surface area contributed by atoms with Crippen LogP contribution in [0, 0.1) is 5.82 Å². The van der Waals surface area contributed by atoms with Crippen molar-refractivity contribution >= 4 is 5.97 Å². The van der Waals surface area contributed by atoms with Crippen LogP contribution >= 0.6 is 0 Å². The molecule has 5 nitrogen and oxygen atoms in total. The van der Waals surface area contributed by atoms with Crippen LogP contribution in [0.4, 0.5) is 4.39 Å². The van der Waals surface area contributed by atoms with Gasteiger partial charge in [0.15, 0.2) is 0 Å². The summed E-state index contributed by atoms with van der Waals surface area (Å²) in [4.78, 5) is 17.5. The standard InChI is InChI=1S/C20H20FNO4/c1-14-12-20(19(23)24,17-8-7-16(21)11-18(17)26-14)9-10-22-25-13-15-5-3-2-4-6-15/h2-8,11-12,22H,9-10,13H2,1H3,(H,23,24). The Labute approximate surface area is 151 Å². The highest BCUT2D eigenvalue weighted by Crippen LogP contribution is 2.41. The summed E-state index contributed by atoms with van der Waals surface area (Å²) in [6, 6.07) is 13.6. The minimum atomic E-state index is -1.30. The van der Waals surface area contributed by atoms with E-state index in [4.69, 9.17) is 9.57 Å². The molecule has 0 bridgehead atoms. The second-order valence-electron chi connectivity index (χ2n) is 6.19. The number of rotatable bonds is 7. The number of nitrogens with one attached hydrogen (secondary N) is 1. The van der Waals surface area contributed by atoms with Gasteiger partial charge in [0.1, 0.15) is 17.0 Å². The lowest BCUT2D eigenvalue weighted by Crippen LogP contribution is -2.39. The highest BCUT2D eigenvalue weighted by molar-refractivity contribution is 5.86. The Bertz CT molecular complexity index is 822. The van der Waals surface area contributed by atoms with Crippen molar-refractivity contribution in [1.29, 1.82) is 0 Å². The molecule has 0 radical (unpaired) electrons. The molecule has 0 saturated heterocycles. The zero-order chi connectivity index (χ0) is 18.6. The molecule has 1 atom stereocenters. The first-order valence-corrected chi connectivity index (χ1v) is 8.30. The van der Waals surface area contributed by atoms with E-state index in [0.717, 1.165) is 5.56 Å². The Hall–Kier alpha value is -2.70. The lowest BCUT2D eigenvalue weighted by Gasteiger charge is -2.32. The maximum atomic E-state index is 13.5. The number of benzene rings is 2. The minimum Gasteiger partial charge on any atom is -0.480 e. The third-order valence-corrected chi connectivity index (χ3v) is 4.33. The second kappa shape index (κ2) is 7.68. The molecule has 1 unspecified atom stereocenters. The second-order valence-corrected chi connectivity index (χ2v) is 6.19. The van der Waals surface area contributed by atoms with Gasteiger partial charge in [0, 0.05) is 18.2 Å². The molecule has 6 heteroatoms. The number of hydrogen-bond acceptors (Lipinski definition) is 4. The van der Waals surface area contributed by atoms with Crippen LogP contribution < -0.4 is 10.2 Å². The molecule has 1 heterocycles. The molecule has 0 spiro atoms. The van der Waals surface area contributed by atoms with E-state index < -0.39 is 17.2 Å². The number of carboxylic acids is 1. The van der Waals surface area contributed by atoms with Crippen molar-refractivity contribution in [2.75, 3.05) is 6.54 Å². The number of fused-ring (bicyclic) bond motifs is 1. The van der Waals surface area contributed by atoms with Crippen molar-refractivity contribution in [2.24, 2.45) is 0 Å². The first kappa shape index (κ1) is 18.1. The zero-order valence-electron chi connectivity index (χ0n) is 14.4. The van der Waals surface area contributed by atoms with Crippen LogP contribution in [0.15, 0.2) is 60.4 Å². The highest BCUT2D eigenvalue weighted by atomic mass is 19.1. The van der Waals surface area contributed by atoms with E-state index in [1.807, 2.05) is 30.3 Å². The fourth-order valence-corrected chi connectivity index (χ4v) is 3.10. The Kier molecular flexibility index (Phi) is 5.35. The van der Waals surface area contributed by atoms with Gasteiger partial charge >= 0.3 is 5.97 Å². The van der Waals surface area contributed by atoms with Gasteiger partial charge in [-0.2, -0.15) is 0 Å². The SMILES string of the molecule is CC1=CC(CCNOCc2ccccc2)(C(=O)O)c2ccc(F)cc2O1. The molecule has 1 aliphatic rings. The smallest absolute Gasteiger partial charge is 0.318 e. The van der Waals surface area contributed by atoms with E-state index in [-0.39, 0.29) is 12.2 Å². The highest BCUT2D eigenvalue weighted by Gasteiger charge is 2.43. The van der Waals surface area contributed by atoms with Crippen molar-refractivity contribution in [3.8, 4) is 5.75 Å². The molecule has 1 aliphatic heterocycles. The summed E-state index contributed by atoms with van der Waals surface area (Å²) in [7, 11) is 0. The molecule has 3 rings (SSSR count). The van der Waals surface area contributed by atoms with Crippen LogP contribution in [0.1, 0.15) is 24.5 Å². The van der Waals surface area contributed by atoms with Crippen molar-refractivity contribution in [3.63, 3.8) is 0 Å². The number of hydroxylamine groups is 1. The largest absolute Gasteiger partial charge is 0.480 e. The molecule has 0 aromatic heterocycles. The van der Waals surface area contributed by atoms with Gasteiger partial charge in [-0.3, -0.25) is 9.63 Å². The summed E-state index contributed by atoms with van der Waals surface area (Å²) in [6.45, 7) is 2.34. The summed E-state index contributed by atoms with van der Waals surface area (Å²) in [5, 5.41) is 9.89. The van der Waals surface area contributed by atoms with Gasteiger partial charge in [-0.15, -0.1) is 0 Å². The van der Waals surface area contributed by atoms with E-state index in [2.05, 4.69) is 5.48 Å². The summed E-state index contributed by atoms with van der Waals surface area (Å²) in [5.74, 6) is -0.826. The molecule has 26 heavy (non-hydrogen) atoms. The Morgan fingerprint density at radius 1 is 1.27 bits per heavy atom. The molecule has 0 aliphatic carbocycles. The van der Waals surface area contributed by atoms with Crippen molar-refractivity contribution in [1.82, 2.24) is 5.48 Å². The monoisotopic (exact) mass is 357 g/mol. The molecule has 0 saturated carbocycles. The summed E-state index contributed by atoms with van der Waals surface area (Å²) < 4.78 is 19.0. The lowest BCUT2D eigenvalue weighted by molar-refractivity contribution is -0.142. The van der Waals surface area contributed by atoms with Gasteiger partial charge < -0.3 is 9.84 Å². The summed E-state index contributed by atoms with van der Waals surface area (Å²) in [6.07, 6.45) is 1.80. The van der Waals surface area contributed by atoms with E-state index in [0.29, 0.717) is 24.5 Å². The lowest BCUT2D eigenvalue weighted by atomic mass is 9.75. The van der Waals surface area contributed by atoms with Crippen molar-refractivity contribution in [3.05, 3.63) is 77.3 Å². The van der Waals surface area contributed by atoms with Crippen LogP contribution in [-0.2, 0) is 21.7 Å². The van der Waals surface area contributed by atoms with Gasteiger partial charge in [0.25, 0.3) is 0 Å². The molecular weight excluding hydrogens is 337 g/mol. The molecule has 2 aromatic carbocycles. The van der Waals surface area contributed by atoms with E-state index >= 15 is 0 Å². The number of hydrogen-bond donors (Lipinski definition) is 2. The third-order valence-electron chi connectivity index (χ3n) is 4.33. The summed E-state index contributed by atoms with van der Waals surface area (Å²) >= 11 is 0. The zero-order valence-corrected chi connectivity index (χ0v) is 14.4. The van der Waals surface area contributed by atoms with Crippen molar-refractivity contribution in [2.45, 2.75) is 25.4 Å². The van der Waals surface area contributed by atoms with Crippen LogP contribution in [0.25, 0.3) is 0 Å². The predicted molar refractivity (Wildman–Crippen MR) is 93.9 cm³/mol. The van der Waals surface area contributed by atoms with Gasteiger partial charge in [0.2, 0.25) is 0 Å². The van der Waals surface area contributed by atoms with Crippen LogP contribution in [0.2, 0.25) is 0 Å². The number of ether oxygens (including phenoxy) is 1. The topological polar surface area (TPSA) is 67.8 Å². The average Bonchev–Trinajstić information content (AvgIpc) is 2.61. The van der Waals surface area contributed by atoms with Gasteiger partial charge in [-0.05, 0) is 31.1 Å². The predicted octanol–water partition coefficient (Wildman–Crippen LogP) is 3.56. The number of carbonyl (C=O) groups is 1. The average molecular weight is 357 g/mol. The van der Waals surface area contributed by atoms with E-state index in [1.165, 1.54) is 18.2 Å². The normalized spacial score (nSPS) is 18.6. The molecule has 0 fully saturated rings. The van der Waals surface area contributed by atoms with Crippen LogP contribution in [0.3, 0.4) is 0 Å². The quantitative estimate of drug-likeness (QED) is 0.586. The number of allylic oxidation sites excluding steroid dienone is 1. The van der Waals surface area contributed by atoms with Crippen LogP contribution in [-0.4, -0.2) is 17.6 Å². The maximum absolute atomic E-state index is 13.5. The van der Waals surface area contributed by atoms with Crippen LogP contribution in [0.5, 0.6) is 5.75 Å². The first-order valence-electron chi connectivity index (χ1n) is 8.30. The molecule has 2 N–H and O–H groups in total. The Balaban J connectivity index is 1.70. The number of aliphatic carboxylic acids is 1. The van der Waals surface area contributed by atoms with Gasteiger partial charge in [0.05, 0.1) is 12.4 Å². The fraction of sp³-hybridized carbons (Fsp3) is 0.250. The van der Waals surface area contributed by atoms with Gasteiger partial charge in [-0.1, -0.05) is 36.4 Å². The fourth-order valence-electron chi connectivity index (χ4n) is 3.10. The number of halogens is 1. The molecular formula is C20H20FNO4. The van der Waals surface area contributed by atoms with E-state index in [1.54, 1.807) is 13.0 Å². The molecule has 2 aromatic rings. The first-order chi connectivity index (χ1) is 12.5. The Morgan fingerprint density at radius 3 is 2.77 bits per heavy atom. The Morgan fingerprint density at radius 2 is 2.04 bits per heavy atom. The van der Waals surface area contributed by atoms with Crippen molar-refractivity contribution < 1.29 is 23.9 Å². The third kappa shape index (κ3) is 3.76. The maximum Gasteiger partial charge on any atom is 0.318 e.